The van der Waals surface area contributed by atoms with E-state index in [0.717, 1.165) is 30.6 Å². The second kappa shape index (κ2) is 6.61. The van der Waals surface area contributed by atoms with E-state index in [1.54, 1.807) is 6.07 Å². The van der Waals surface area contributed by atoms with Crippen molar-refractivity contribution in [2.24, 2.45) is 5.92 Å². The minimum atomic E-state index is -0.185. The summed E-state index contributed by atoms with van der Waals surface area (Å²) >= 11 is 0. The minimum Gasteiger partial charge on any atom is -0.396 e. The number of rotatable bonds is 6. The maximum atomic E-state index is 12.9. The van der Waals surface area contributed by atoms with Crippen molar-refractivity contribution in [2.75, 3.05) is 13.2 Å². The van der Waals surface area contributed by atoms with Gasteiger partial charge in [-0.2, -0.15) is 0 Å². The lowest BCUT2D eigenvalue weighted by molar-refractivity contribution is 0.260. The lowest BCUT2D eigenvalue weighted by atomic mass is 10.1. The number of hydrogen-bond acceptors (Lipinski definition) is 2. The number of benzene rings is 1. The van der Waals surface area contributed by atoms with E-state index in [-0.39, 0.29) is 12.4 Å². The van der Waals surface area contributed by atoms with Gasteiger partial charge in [-0.3, -0.25) is 0 Å². The van der Waals surface area contributed by atoms with Gasteiger partial charge in [0.05, 0.1) is 0 Å². The average molecular weight is 225 g/mol. The van der Waals surface area contributed by atoms with Crippen LogP contribution in [-0.4, -0.2) is 18.3 Å². The number of aryl methyl sites for hydroxylation is 1. The van der Waals surface area contributed by atoms with E-state index in [1.807, 2.05) is 13.0 Å². The van der Waals surface area contributed by atoms with Crippen LogP contribution in [0.1, 0.15) is 24.5 Å². The van der Waals surface area contributed by atoms with Gasteiger partial charge in [0.2, 0.25) is 0 Å². The third kappa shape index (κ3) is 4.29. The molecule has 1 rings (SSSR count). The number of aliphatic hydroxyl groups excluding tert-OH is 1. The molecule has 2 nitrogen and oxygen atoms in total. The van der Waals surface area contributed by atoms with E-state index in [0.29, 0.717) is 5.92 Å². The highest BCUT2D eigenvalue weighted by molar-refractivity contribution is 5.26. The molecule has 0 saturated heterocycles. The molecular formula is C13H20FNO. The largest absolute Gasteiger partial charge is 0.396 e. The summed E-state index contributed by atoms with van der Waals surface area (Å²) in [5.74, 6) is 0.278. The molecule has 1 atom stereocenters. The molecule has 0 bridgehead atoms. The van der Waals surface area contributed by atoms with E-state index in [4.69, 9.17) is 5.11 Å². The average Bonchev–Trinajstić information content (AvgIpc) is 2.22. The fourth-order valence-corrected chi connectivity index (χ4v) is 1.63. The van der Waals surface area contributed by atoms with Crippen LogP contribution in [0.4, 0.5) is 4.39 Å². The Hall–Kier alpha value is -0.930. The van der Waals surface area contributed by atoms with Crippen molar-refractivity contribution in [3.05, 3.63) is 35.1 Å². The van der Waals surface area contributed by atoms with Gasteiger partial charge in [0.15, 0.2) is 0 Å². The summed E-state index contributed by atoms with van der Waals surface area (Å²) in [5.41, 5.74) is 2.10. The standard InChI is InChI=1S/C13H20FNO/c1-10(5-6-16)8-15-9-12-3-4-13(14)7-11(12)2/h3-4,7,10,15-16H,5-6,8-9H2,1-2H3. The summed E-state index contributed by atoms with van der Waals surface area (Å²) in [4.78, 5) is 0. The monoisotopic (exact) mass is 225 g/mol. The smallest absolute Gasteiger partial charge is 0.123 e. The second-order valence-electron chi connectivity index (χ2n) is 4.32. The summed E-state index contributed by atoms with van der Waals surface area (Å²) in [6, 6.07) is 4.85. The molecule has 0 aliphatic rings. The van der Waals surface area contributed by atoms with Gasteiger partial charge < -0.3 is 10.4 Å². The topological polar surface area (TPSA) is 32.3 Å². The highest BCUT2D eigenvalue weighted by atomic mass is 19.1. The fraction of sp³-hybridized carbons (Fsp3) is 0.538. The van der Waals surface area contributed by atoms with E-state index < -0.39 is 0 Å². The molecule has 0 aliphatic heterocycles. The van der Waals surface area contributed by atoms with E-state index in [9.17, 15) is 4.39 Å². The molecule has 16 heavy (non-hydrogen) atoms. The summed E-state index contributed by atoms with van der Waals surface area (Å²) in [5, 5.41) is 12.1. The second-order valence-corrected chi connectivity index (χ2v) is 4.32. The Kier molecular flexibility index (Phi) is 5.43. The quantitative estimate of drug-likeness (QED) is 0.778. The van der Waals surface area contributed by atoms with Crippen molar-refractivity contribution in [3.63, 3.8) is 0 Å². The normalized spacial score (nSPS) is 12.8. The summed E-state index contributed by atoms with van der Waals surface area (Å²) in [6.07, 6.45) is 0.815. The van der Waals surface area contributed by atoms with Crippen molar-refractivity contribution < 1.29 is 9.50 Å². The van der Waals surface area contributed by atoms with E-state index in [2.05, 4.69) is 12.2 Å². The Labute approximate surface area is 96.5 Å². The predicted octanol–water partition coefficient (Wildman–Crippen LogP) is 2.24. The number of hydrogen-bond donors (Lipinski definition) is 2. The summed E-state index contributed by atoms with van der Waals surface area (Å²) in [7, 11) is 0. The molecule has 1 aromatic carbocycles. The minimum absolute atomic E-state index is 0.185. The molecule has 0 fully saturated rings. The molecule has 1 unspecified atom stereocenters. The highest BCUT2D eigenvalue weighted by Crippen LogP contribution is 2.10. The molecule has 0 heterocycles. The van der Waals surface area contributed by atoms with E-state index in [1.165, 1.54) is 6.07 Å². The van der Waals surface area contributed by atoms with Gasteiger partial charge in [-0.05, 0) is 49.1 Å². The zero-order valence-electron chi connectivity index (χ0n) is 9.96. The first-order valence-electron chi connectivity index (χ1n) is 5.70. The summed E-state index contributed by atoms with van der Waals surface area (Å²) < 4.78 is 12.9. The summed E-state index contributed by atoms with van der Waals surface area (Å²) in [6.45, 7) is 5.87. The third-order valence-corrected chi connectivity index (χ3v) is 2.73. The molecule has 0 saturated carbocycles. The van der Waals surface area contributed by atoms with Gasteiger partial charge in [-0.1, -0.05) is 13.0 Å². The molecule has 0 aliphatic carbocycles. The molecule has 90 valence electrons. The zero-order valence-corrected chi connectivity index (χ0v) is 9.96. The molecule has 0 radical (unpaired) electrons. The first-order chi connectivity index (χ1) is 7.63. The molecule has 2 N–H and O–H groups in total. The molecule has 0 aromatic heterocycles. The number of nitrogens with one attached hydrogen (secondary N) is 1. The van der Waals surface area contributed by atoms with E-state index >= 15 is 0 Å². The first-order valence-corrected chi connectivity index (χ1v) is 5.70. The molecule has 0 amide bonds. The lowest BCUT2D eigenvalue weighted by Gasteiger charge is -2.12. The number of halogens is 1. The molecule has 3 heteroatoms. The van der Waals surface area contributed by atoms with Crippen LogP contribution >= 0.6 is 0 Å². The van der Waals surface area contributed by atoms with Crippen LogP contribution in [-0.2, 0) is 6.54 Å². The molecule has 0 spiro atoms. The Balaban J connectivity index is 2.37. The Morgan fingerprint density at radius 2 is 2.19 bits per heavy atom. The Morgan fingerprint density at radius 3 is 2.81 bits per heavy atom. The number of aliphatic hydroxyl groups is 1. The zero-order chi connectivity index (χ0) is 12.0. The van der Waals surface area contributed by atoms with Gasteiger partial charge >= 0.3 is 0 Å². The van der Waals surface area contributed by atoms with Crippen molar-refractivity contribution in [1.82, 2.24) is 5.32 Å². The van der Waals surface area contributed by atoms with Crippen LogP contribution in [0.3, 0.4) is 0 Å². The molecular weight excluding hydrogens is 205 g/mol. The van der Waals surface area contributed by atoms with Gasteiger partial charge in [-0.15, -0.1) is 0 Å². The highest BCUT2D eigenvalue weighted by Gasteiger charge is 2.02. The Bertz CT molecular complexity index is 328. The van der Waals surface area contributed by atoms with Crippen LogP contribution in [0, 0.1) is 18.7 Å². The molecule has 1 aromatic rings. The van der Waals surface area contributed by atoms with Crippen molar-refractivity contribution in [3.8, 4) is 0 Å². The van der Waals surface area contributed by atoms with Crippen molar-refractivity contribution >= 4 is 0 Å². The van der Waals surface area contributed by atoms with Crippen molar-refractivity contribution in [1.29, 1.82) is 0 Å². The van der Waals surface area contributed by atoms with Crippen LogP contribution in [0.15, 0.2) is 18.2 Å². The van der Waals surface area contributed by atoms with Gasteiger partial charge in [0.1, 0.15) is 5.82 Å². The maximum absolute atomic E-state index is 12.9. The maximum Gasteiger partial charge on any atom is 0.123 e. The lowest BCUT2D eigenvalue weighted by Crippen LogP contribution is -2.21. The first kappa shape index (κ1) is 13.1. The third-order valence-electron chi connectivity index (χ3n) is 2.73. The SMILES string of the molecule is Cc1cc(F)ccc1CNCC(C)CCO. The van der Waals surface area contributed by atoms with Gasteiger partial charge in [0, 0.05) is 13.2 Å². The van der Waals surface area contributed by atoms with Gasteiger partial charge in [0.25, 0.3) is 0 Å². The predicted molar refractivity (Wildman–Crippen MR) is 63.7 cm³/mol. The van der Waals surface area contributed by atoms with Crippen LogP contribution in [0.5, 0.6) is 0 Å². The van der Waals surface area contributed by atoms with Crippen LogP contribution in [0.2, 0.25) is 0 Å². The van der Waals surface area contributed by atoms with Crippen LogP contribution in [0.25, 0.3) is 0 Å². The van der Waals surface area contributed by atoms with Gasteiger partial charge in [-0.25, -0.2) is 4.39 Å². The fourth-order valence-electron chi connectivity index (χ4n) is 1.63. The van der Waals surface area contributed by atoms with Crippen LogP contribution < -0.4 is 5.32 Å². The van der Waals surface area contributed by atoms with Crippen molar-refractivity contribution in [2.45, 2.75) is 26.8 Å². The Morgan fingerprint density at radius 1 is 1.44 bits per heavy atom.